The van der Waals surface area contributed by atoms with Crippen LogP contribution in [0.2, 0.25) is 0 Å². The second-order valence-corrected chi connectivity index (χ2v) is 8.20. The predicted molar refractivity (Wildman–Crippen MR) is 91.9 cm³/mol. The van der Waals surface area contributed by atoms with Crippen molar-refractivity contribution < 1.29 is 27.9 Å². The second kappa shape index (κ2) is 9.35. The molecule has 0 heterocycles. The number of halogens is 2. The van der Waals surface area contributed by atoms with E-state index in [0.29, 0.717) is 5.56 Å². The molecule has 0 aliphatic heterocycles. The van der Waals surface area contributed by atoms with E-state index in [0.717, 1.165) is 6.26 Å². The number of aliphatic hydroxyl groups is 1. The number of nitrogens with one attached hydrogen (secondary N) is 1. The molecule has 140 valence electrons. The highest BCUT2D eigenvalue weighted by Crippen LogP contribution is 2.20. The Balaban J connectivity index is 2.98. The molecule has 8 nitrogen and oxygen atoms in total. The minimum atomic E-state index is -3.39. The lowest BCUT2D eigenvalue weighted by Gasteiger charge is -2.24. The molecular formula is C14H18Cl2N2O6S. The Morgan fingerprint density at radius 3 is 2.28 bits per heavy atom. The van der Waals surface area contributed by atoms with Crippen molar-refractivity contribution in [3.63, 3.8) is 0 Å². The molecule has 0 fully saturated rings. The zero-order valence-corrected chi connectivity index (χ0v) is 15.5. The van der Waals surface area contributed by atoms with Gasteiger partial charge in [-0.25, -0.2) is 8.42 Å². The number of carbonyl (C=O) groups excluding carboxylic acids is 2. The highest BCUT2D eigenvalue weighted by molar-refractivity contribution is 7.90. The van der Waals surface area contributed by atoms with Crippen molar-refractivity contribution in [2.75, 3.05) is 19.4 Å². The molecule has 1 rings (SSSR count). The van der Waals surface area contributed by atoms with E-state index >= 15 is 0 Å². The van der Waals surface area contributed by atoms with Gasteiger partial charge in [-0.15, -0.1) is 0 Å². The maximum atomic E-state index is 11.7. The van der Waals surface area contributed by atoms with Crippen molar-refractivity contribution in [2.45, 2.75) is 21.9 Å². The molecule has 11 heteroatoms. The van der Waals surface area contributed by atoms with Crippen molar-refractivity contribution >= 4 is 44.9 Å². The van der Waals surface area contributed by atoms with Gasteiger partial charge in [0.15, 0.2) is 14.7 Å². The van der Waals surface area contributed by atoms with E-state index in [9.17, 15) is 23.1 Å². The van der Waals surface area contributed by atoms with Crippen LogP contribution in [0.5, 0.6) is 0 Å². The van der Waals surface area contributed by atoms with Crippen molar-refractivity contribution in [1.82, 2.24) is 5.32 Å². The van der Waals surface area contributed by atoms with Gasteiger partial charge < -0.3 is 20.9 Å². The van der Waals surface area contributed by atoms with E-state index in [-0.39, 0.29) is 18.0 Å². The Labute approximate surface area is 155 Å². The van der Waals surface area contributed by atoms with Gasteiger partial charge in [0.1, 0.15) is 12.7 Å². The summed E-state index contributed by atoms with van der Waals surface area (Å²) < 4.78 is 27.8. The quantitative estimate of drug-likeness (QED) is 0.400. The molecule has 0 radical (unpaired) electrons. The minimum Gasteiger partial charge on any atom is -0.462 e. The van der Waals surface area contributed by atoms with Gasteiger partial charge in [0.05, 0.1) is 17.5 Å². The molecule has 1 amide bonds. The first-order chi connectivity index (χ1) is 11.6. The summed E-state index contributed by atoms with van der Waals surface area (Å²) in [6, 6.07) is 4.31. The van der Waals surface area contributed by atoms with Crippen molar-refractivity contribution in [2.24, 2.45) is 5.73 Å². The molecule has 0 aliphatic rings. The highest BCUT2D eigenvalue weighted by atomic mass is 35.5. The standard InChI is InChI=1S/C14H18Cl2N2O6S/c1-25(22,23)9-4-2-8(3-5-9)12(20)10(7-24-11(19)6-17)18-14(21)13(15)16/h2-5,10,12-13,20H,6-7,17H2,1H3,(H,18,21)/t10-,12-/m1/s1. The minimum absolute atomic E-state index is 0.0696. The lowest BCUT2D eigenvalue weighted by molar-refractivity contribution is -0.144. The zero-order valence-electron chi connectivity index (χ0n) is 13.2. The number of hydrogen-bond acceptors (Lipinski definition) is 7. The number of benzene rings is 1. The fraction of sp³-hybridized carbons (Fsp3) is 0.429. The maximum absolute atomic E-state index is 11.7. The molecule has 2 atom stereocenters. The van der Waals surface area contributed by atoms with Crippen LogP contribution in [0.1, 0.15) is 11.7 Å². The number of alkyl halides is 2. The summed E-state index contributed by atoms with van der Waals surface area (Å²) in [6.45, 7) is -0.745. The summed E-state index contributed by atoms with van der Waals surface area (Å²) in [4.78, 5) is 21.5. The Kier molecular flexibility index (Phi) is 8.10. The van der Waals surface area contributed by atoms with Gasteiger partial charge >= 0.3 is 5.97 Å². The highest BCUT2D eigenvalue weighted by Gasteiger charge is 2.26. The summed E-state index contributed by atoms with van der Waals surface area (Å²) in [5.74, 6) is -1.52. The van der Waals surface area contributed by atoms with Crippen LogP contribution >= 0.6 is 23.2 Å². The largest absolute Gasteiger partial charge is 0.462 e. The molecule has 0 bridgehead atoms. The summed E-state index contributed by atoms with van der Waals surface area (Å²) in [6.07, 6.45) is -0.260. The molecule has 25 heavy (non-hydrogen) atoms. The second-order valence-electron chi connectivity index (χ2n) is 5.09. The number of carbonyl (C=O) groups is 2. The topological polar surface area (TPSA) is 136 Å². The molecule has 0 spiro atoms. The van der Waals surface area contributed by atoms with Crippen molar-refractivity contribution in [3.8, 4) is 0 Å². The number of hydrogen-bond donors (Lipinski definition) is 3. The smallest absolute Gasteiger partial charge is 0.319 e. The van der Waals surface area contributed by atoms with Crippen LogP contribution in [0.15, 0.2) is 29.2 Å². The predicted octanol–water partition coefficient (Wildman–Crippen LogP) is -0.0861. The average molecular weight is 413 g/mol. The van der Waals surface area contributed by atoms with Gasteiger partial charge in [-0.3, -0.25) is 9.59 Å². The number of ether oxygens (including phenoxy) is 1. The maximum Gasteiger partial charge on any atom is 0.319 e. The van der Waals surface area contributed by atoms with E-state index in [4.69, 9.17) is 33.7 Å². The summed E-state index contributed by atoms with van der Waals surface area (Å²) in [5, 5.41) is 12.8. The van der Waals surface area contributed by atoms with E-state index in [1.807, 2.05) is 0 Å². The fourth-order valence-electron chi connectivity index (χ4n) is 1.84. The number of sulfone groups is 1. The molecule has 1 aromatic rings. The van der Waals surface area contributed by atoms with E-state index in [2.05, 4.69) is 5.32 Å². The van der Waals surface area contributed by atoms with Crippen molar-refractivity contribution in [3.05, 3.63) is 29.8 Å². The van der Waals surface area contributed by atoms with Gasteiger partial charge in [-0.05, 0) is 17.7 Å². The Morgan fingerprint density at radius 2 is 1.84 bits per heavy atom. The first kappa shape index (κ1) is 21.7. The average Bonchev–Trinajstić information content (AvgIpc) is 2.56. The number of amides is 1. The first-order valence-corrected chi connectivity index (χ1v) is 9.75. The first-order valence-electron chi connectivity index (χ1n) is 6.98. The summed E-state index contributed by atoms with van der Waals surface area (Å²) in [5.41, 5.74) is 5.42. The van der Waals surface area contributed by atoms with Crippen LogP contribution in [0.4, 0.5) is 0 Å². The van der Waals surface area contributed by atoms with Gasteiger partial charge in [0.25, 0.3) is 5.91 Å². The number of nitrogens with two attached hydrogens (primary N) is 1. The van der Waals surface area contributed by atoms with E-state index in [1.54, 1.807) is 0 Å². The molecule has 0 aliphatic carbocycles. The third-order valence-electron chi connectivity index (χ3n) is 3.15. The van der Waals surface area contributed by atoms with Crippen molar-refractivity contribution in [1.29, 1.82) is 0 Å². The monoisotopic (exact) mass is 412 g/mol. The molecule has 0 saturated heterocycles. The van der Waals surface area contributed by atoms with Gasteiger partial charge in [-0.1, -0.05) is 35.3 Å². The normalized spacial score (nSPS) is 14.0. The SMILES string of the molecule is CS(=O)(=O)c1ccc([C@@H](O)[C@@H](COC(=O)CN)NC(=O)C(Cl)Cl)cc1. The molecular weight excluding hydrogens is 395 g/mol. The van der Waals surface area contributed by atoms with Crippen LogP contribution < -0.4 is 11.1 Å². The van der Waals surface area contributed by atoms with Crippen LogP contribution in [-0.2, 0) is 24.2 Å². The zero-order chi connectivity index (χ0) is 19.2. The van der Waals surface area contributed by atoms with Crippen LogP contribution in [0, 0.1) is 0 Å². The summed E-state index contributed by atoms with van der Waals surface area (Å²) >= 11 is 10.9. The molecule has 0 saturated carbocycles. The number of rotatable bonds is 8. The van der Waals surface area contributed by atoms with Gasteiger partial charge in [0, 0.05) is 6.26 Å². The van der Waals surface area contributed by atoms with Crippen LogP contribution in [-0.4, -0.2) is 55.7 Å². The van der Waals surface area contributed by atoms with Crippen LogP contribution in [0.25, 0.3) is 0 Å². The number of aliphatic hydroxyl groups excluding tert-OH is 1. The van der Waals surface area contributed by atoms with Gasteiger partial charge in [-0.2, -0.15) is 0 Å². The van der Waals surface area contributed by atoms with Gasteiger partial charge in [0.2, 0.25) is 0 Å². The van der Waals surface area contributed by atoms with E-state index in [1.165, 1.54) is 24.3 Å². The molecule has 1 aromatic carbocycles. The van der Waals surface area contributed by atoms with E-state index < -0.39 is 38.7 Å². The Hall–Kier alpha value is -1.39. The third-order valence-corrected chi connectivity index (χ3v) is 4.67. The molecule has 0 aromatic heterocycles. The molecule has 4 N–H and O–H groups in total. The third kappa shape index (κ3) is 6.79. The summed E-state index contributed by atoms with van der Waals surface area (Å²) in [7, 11) is -3.39. The van der Waals surface area contributed by atoms with Crippen LogP contribution in [0.3, 0.4) is 0 Å². The fourth-order valence-corrected chi connectivity index (χ4v) is 2.60. The lowest BCUT2D eigenvalue weighted by atomic mass is 10.0. The Morgan fingerprint density at radius 1 is 1.28 bits per heavy atom. The Bertz CT molecular complexity index is 709. The molecule has 0 unspecified atom stereocenters. The lowest BCUT2D eigenvalue weighted by Crippen LogP contribution is -2.45. The number of esters is 1.